The van der Waals surface area contributed by atoms with Gasteiger partial charge in [-0.3, -0.25) is 0 Å². The van der Waals surface area contributed by atoms with E-state index in [1.54, 1.807) is 0 Å². The summed E-state index contributed by atoms with van der Waals surface area (Å²) in [4.78, 5) is 10.5. The van der Waals surface area contributed by atoms with E-state index in [9.17, 15) is 0 Å². The van der Waals surface area contributed by atoms with Crippen LogP contribution in [0.5, 0.6) is 0 Å². The molecule has 0 spiro atoms. The van der Waals surface area contributed by atoms with E-state index in [1.165, 1.54) is 0 Å². The Morgan fingerprint density at radius 3 is 1.92 bits per heavy atom. The van der Waals surface area contributed by atoms with Crippen LogP contribution in [-0.2, 0) is 0 Å². The predicted octanol–water partition coefficient (Wildman–Crippen LogP) is 12.1. The molecule has 0 radical (unpaired) electrons. The van der Waals surface area contributed by atoms with Gasteiger partial charge in [0.25, 0.3) is 0 Å². The van der Waals surface area contributed by atoms with Crippen LogP contribution in [0.2, 0.25) is 0 Å². The summed E-state index contributed by atoms with van der Waals surface area (Å²) in [5.74, 6) is 0.622. The lowest BCUT2D eigenvalue weighted by Gasteiger charge is -2.10. The molecule has 0 bridgehead atoms. The van der Waals surface area contributed by atoms with E-state index in [-0.39, 0.29) is 0 Å². The molecule has 7 aromatic carbocycles. The minimum atomic E-state index is 0.622. The van der Waals surface area contributed by atoms with Crippen molar-refractivity contribution in [3.05, 3.63) is 158 Å². The zero-order valence-electron chi connectivity index (χ0n) is 25.7. The molecule has 10 aromatic rings. The molecule has 0 N–H and O–H groups in total. The van der Waals surface area contributed by atoms with Gasteiger partial charge in [0.2, 0.25) is 0 Å². The van der Waals surface area contributed by atoms with Crippen molar-refractivity contribution in [2.75, 3.05) is 0 Å². The molecule has 3 aromatic heterocycles. The fourth-order valence-corrected chi connectivity index (χ4v) is 7.09. The van der Waals surface area contributed by atoms with Crippen LogP contribution in [0.25, 0.3) is 99.7 Å². The van der Waals surface area contributed by atoms with Crippen molar-refractivity contribution in [1.82, 2.24) is 9.97 Å². The highest BCUT2D eigenvalue weighted by Crippen LogP contribution is 2.44. The van der Waals surface area contributed by atoms with Gasteiger partial charge in [0, 0.05) is 32.8 Å². The number of para-hydroxylation sites is 1. The van der Waals surface area contributed by atoms with Gasteiger partial charge in [0.15, 0.2) is 11.4 Å². The molecule has 4 nitrogen and oxygen atoms in total. The number of hydrogen-bond acceptors (Lipinski definition) is 4. The maximum Gasteiger partial charge on any atom is 0.180 e. The van der Waals surface area contributed by atoms with Gasteiger partial charge in [0.1, 0.15) is 28.0 Å². The van der Waals surface area contributed by atoms with E-state index in [4.69, 9.17) is 18.8 Å². The summed E-state index contributed by atoms with van der Waals surface area (Å²) in [7, 11) is 0. The van der Waals surface area contributed by atoms with Crippen molar-refractivity contribution in [3.8, 4) is 44.9 Å². The van der Waals surface area contributed by atoms with Gasteiger partial charge < -0.3 is 8.83 Å². The minimum Gasteiger partial charge on any atom is -0.455 e. The normalized spacial score (nSPS) is 11.8. The van der Waals surface area contributed by atoms with Crippen molar-refractivity contribution >= 4 is 54.8 Å². The molecule has 0 saturated carbocycles. The number of nitrogens with zero attached hydrogens (tertiary/aromatic N) is 2. The zero-order valence-corrected chi connectivity index (χ0v) is 25.7. The van der Waals surface area contributed by atoms with E-state index < -0.39 is 0 Å². The van der Waals surface area contributed by atoms with Crippen LogP contribution in [-0.4, -0.2) is 9.97 Å². The van der Waals surface area contributed by atoms with Crippen LogP contribution < -0.4 is 0 Å². The third kappa shape index (κ3) is 4.10. The van der Waals surface area contributed by atoms with Gasteiger partial charge in [-0.1, -0.05) is 127 Å². The summed E-state index contributed by atoms with van der Waals surface area (Å²) >= 11 is 0. The maximum absolute atomic E-state index is 6.76. The van der Waals surface area contributed by atoms with E-state index in [1.807, 2.05) is 42.5 Å². The highest BCUT2D eigenvalue weighted by atomic mass is 16.3. The molecule has 0 aliphatic carbocycles. The molecule has 3 heterocycles. The molecule has 0 amide bonds. The van der Waals surface area contributed by atoms with Gasteiger partial charge in [0.05, 0.1) is 0 Å². The van der Waals surface area contributed by atoms with E-state index >= 15 is 0 Å². The summed E-state index contributed by atoms with van der Waals surface area (Å²) < 4.78 is 13.2. The first kappa shape index (κ1) is 26.7. The fraction of sp³-hybridized carbons (Fsp3) is 0. The third-order valence-corrected chi connectivity index (χ3v) is 9.28. The molecule has 48 heavy (non-hydrogen) atoms. The number of furan rings is 2. The first-order valence-electron chi connectivity index (χ1n) is 16.1. The Hall–Kier alpha value is -6.52. The number of hydrogen-bond donors (Lipinski definition) is 0. The first-order chi connectivity index (χ1) is 23.8. The molecule has 0 aliphatic rings. The van der Waals surface area contributed by atoms with E-state index in [0.29, 0.717) is 11.4 Å². The van der Waals surface area contributed by atoms with Crippen LogP contribution in [0.15, 0.2) is 167 Å². The summed E-state index contributed by atoms with van der Waals surface area (Å²) in [6.45, 7) is 0. The van der Waals surface area contributed by atoms with E-state index in [2.05, 4.69) is 115 Å². The Morgan fingerprint density at radius 2 is 1.06 bits per heavy atom. The quantitative estimate of drug-likeness (QED) is 0.198. The molecule has 0 aliphatic heterocycles. The largest absolute Gasteiger partial charge is 0.455 e. The Morgan fingerprint density at radius 1 is 0.417 bits per heavy atom. The molecule has 10 rings (SSSR count). The Balaban J connectivity index is 1.28. The molecule has 0 saturated heterocycles. The predicted molar refractivity (Wildman–Crippen MR) is 196 cm³/mol. The lowest BCUT2D eigenvalue weighted by molar-refractivity contribution is 0.667. The standard InChI is InChI=1S/C44H26N2O2/c1-3-13-27(14-4-1)29-18-11-19-31(25-29)40-43-41(33-21-9-10-23-36(33)47-43)46-44(45-40)34-22-12-24-37-39(34)35-26-30-17-7-8-20-32(30)38(42(35)48-37)28-15-5-2-6-16-28/h1-26H. The number of rotatable bonds is 4. The molecule has 224 valence electrons. The summed E-state index contributed by atoms with van der Waals surface area (Å²) in [5.41, 5.74) is 11.0. The summed E-state index contributed by atoms with van der Waals surface area (Å²) in [6.07, 6.45) is 0. The summed E-state index contributed by atoms with van der Waals surface area (Å²) in [5, 5.41) is 5.29. The Bertz CT molecular complexity index is 2830. The molecular formula is C44H26N2O2. The van der Waals surface area contributed by atoms with Crippen molar-refractivity contribution in [3.63, 3.8) is 0 Å². The highest BCUT2D eigenvalue weighted by Gasteiger charge is 2.23. The second-order valence-electron chi connectivity index (χ2n) is 12.1. The molecule has 4 heteroatoms. The average Bonchev–Trinajstić information content (AvgIpc) is 3.72. The number of benzene rings is 7. The highest BCUT2D eigenvalue weighted by molar-refractivity contribution is 6.21. The van der Waals surface area contributed by atoms with Gasteiger partial charge in [-0.05, 0) is 57.8 Å². The third-order valence-electron chi connectivity index (χ3n) is 9.28. The lowest BCUT2D eigenvalue weighted by Crippen LogP contribution is -1.94. The van der Waals surface area contributed by atoms with Gasteiger partial charge in [-0.15, -0.1) is 0 Å². The van der Waals surface area contributed by atoms with Crippen molar-refractivity contribution in [2.45, 2.75) is 0 Å². The van der Waals surface area contributed by atoms with Crippen molar-refractivity contribution in [1.29, 1.82) is 0 Å². The zero-order chi connectivity index (χ0) is 31.6. The minimum absolute atomic E-state index is 0.622. The SMILES string of the molecule is c1ccc(-c2cccc(-c3nc(-c4cccc5oc6c(-c7ccccc7)c7ccccc7cc6c45)nc4c3oc3ccccc34)c2)cc1. The molecule has 0 fully saturated rings. The van der Waals surface area contributed by atoms with Gasteiger partial charge in [-0.2, -0.15) is 0 Å². The summed E-state index contributed by atoms with van der Waals surface area (Å²) in [6, 6.07) is 54.3. The van der Waals surface area contributed by atoms with E-state index in [0.717, 1.165) is 88.3 Å². The Labute approximate surface area is 275 Å². The van der Waals surface area contributed by atoms with Crippen LogP contribution in [0.3, 0.4) is 0 Å². The van der Waals surface area contributed by atoms with Crippen LogP contribution in [0.4, 0.5) is 0 Å². The topological polar surface area (TPSA) is 52.1 Å². The van der Waals surface area contributed by atoms with Crippen LogP contribution >= 0.6 is 0 Å². The monoisotopic (exact) mass is 614 g/mol. The molecular weight excluding hydrogens is 588 g/mol. The Kier molecular flexibility index (Phi) is 5.84. The van der Waals surface area contributed by atoms with Gasteiger partial charge >= 0.3 is 0 Å². The average molecular weight is 615 g/mol. The molecule has 0 atom stereocenters. The van der Waals surface area contributed by atoms with Crippen LogP contribution in [0.1, 0.15) is 0 Å². The number of fused-ring (bicyclic) bond motifs is 7. The number of aromatic nitrogens is 2. The second-order valence-corrected chi connectivity index (χ2v) is 12.1. The smallest absolute Gasteiger partial charge is 0.180 e. The second kappa shape index (κ2) is 10.5. The first-order valence-corrected chi connectivity index (χ1v) is 16.1. The van der Waals surface area contributed by atoms with Crippen molar-refractivity contribution in [2.24, 2.45) is 0 Å². The van der Waals surface area contributed by atoms with Crippen molar-refractivity contribution < 1.29 is 8.83 Å². The van der Waals surface area contributed by atoms with Gasteiger partial charge in [-0.25, -0.2) is 9.97 Å². The van der Waals surface area contributed by atoms with Crippen LogP contribution in [0, 0.1) is 0 Å². The lowest BCUT2D eigenvalue weighted by atomic mass is 9.94. The fourth-order valence-electron chi connectivity index (χ4n) is 7.09. The maximum atomic E-state index is 6.76. The molecule has 0 unspecified atom stereocenters.